The van der Waals surface area contributed by atoms with E-state index in [2.05, 4.69) is 17.0 Å². The van der Waals surface area contributed by atoms with Crippen LogP contribution in [0.5, 0.6) is 5.75 Å². The zero-order valence-electron chi connectivity index (χ0n) is 16.6. The summed E-state index contributed by atoms with van der Waals surface area (Å²) in [5.74, 6) is -1.01. The van der Waals surface area contributed by atoms with Crippen molar-refractivity contribution >= 4 is 24.2 Å². The van der Waals surface area contributed by atoms with E-state index in [0.29, 0.717) is 25.9 Å². The number of nitrogens with zero attached hydrogens (tertiary/aromatic N) is 1. The van der Waals surface area contributed by atoms with E-state index >= 15 is 0 Å². The van der Waals surface area contributed by atoms with E-state index in [1.165, 1.54) is 23.1 Å². The number of piperidine rings is 1. The maximum Gasteiger partial charge on any atom is 0.387 e. The number of ether oxygens (including phenoxy) is 1. The molecular weight excluding hydrogens is 404 g/mol. The van der Waals surface area contributed by atoms with Crippen LogP contribution >= 0.6 is 12.4 Å². The molecule has 1 fully saturated rings. The van der Waals surface area contributed by atoms with Gasteiger partial charge in [0.2, 0.25) is 5.91 Å². The van der Waals surface area contributed by atoms with Gasteiger partial charge in [-0.1, -0.05) is 31.9 Å². The van der Waals surface area contributed by atoms with Crippen molar-refractivity contribution in [2.24, 2.45) is 11.7 Å². The number of benzene rings is 1. The first-order valence-electron chi connectivity index (χ1n) is 9.79. The molecule has 29 heavy (non-hydrogen) atoms. The van der Waals surface area contributed by atoms with Crippen LogP contribution in [-0.2, 0) is 4.79 Å². The van der Waals surface area contributed by atoms with Gasteiger partial charge < -0.3 is 20.7 Å². The third-order valence-electron chi connectivity index (χ3n) is 4.95. The minimum Gasteiger partial charge on any atom is -0.434 e. The summed E-state index contributed by atoms with van der Waals surface area (Å²) < 4.78 is 29.7. The highest BCUT2D eigenvalue weighted by Gasteiger charge is 2.31. The van der Waals surface area contributed by atoms with Crippen molar-refractivity contribution in [1.29, 1.82) is 0 Å². The number of unbranched alkanes of at least 4 members (excludes halogenated alkanes) is 1. The van der Waals surface area contributed by atoms with Crippen molar-refractivity contribution in [3.05, 3.63) is 29.8 Å². The number of nitrogens with two attached hydrogens (primary N) is 1. The van der Waals surface area contributed by atoms with Crippen LogP contribution in [-0.4, -0.2) is 49.0 Å². The van der Waals surface area contributed by atoms with Crippen LogP contribution in [0.2, 0.25) is 0 Å². The molecule has 2 amide bonds. The quantitative estimate of drug-likeness (QED) is 0.626. The Hall–Kier alpha value is -1.93. The van der Waals surface area contributed by atoms with Gasteiger partial charge in [-0.15, -0.1) is 12.4 Å². The molecule has 0 bridgehead atoms. The largest absolute Gasteiger partial charge is 0.434 e. The van der Waals surface area contributed by atoms with E-state index in [-0.39, 0.29) is 48.1 Å². The molecule has 6 nitrogen and oxygen atoms in total. The minimum absolute atomic E-state index is 0. The normalized spacial score (nSPS) is 17.4. The van der Waals surface area contributed by atoms with Crippen LogP contribution < -0.4 is 15.8 Å². The molecule has 1 aromatic rings. The van der Waals surface area contributed by atoms with Crippen molar-refractivity contribution < 1.29 is 23.1 Å². The number of para-hydroxylation sites is 1. The first kappa shape index (κ1) is 25.1. The van der Waals surface area contributed by atoms with Crippen LogP contribution in [0.15, 0.2) is 24.3 Å². The summed E-state index contributed by atoms with van der Waals surface area (Å²) in [4.78, 5) is 27.0. The molecule has 1 heterocycles. The molecule has 2 rings (SSSR count). The molecule has 1 saturated heterocycles. The standard InChI is InChI=1S/C20H29F2N3O3.ClH/c1-2-3-8-15(12-23)24-18(26)14-7-6-11-25(13-14)19(27)16-9-4-5-10-17(16)28-20(21)22;/h4-5,9-10,14-15,20H,2-3,6-8,11-13,23H2,1H3,(H,24,26);1H. The Labute approximate surface area is 176 Å². The number of hydrogen-bond acceptors (Lipinski definition) is 4. The lowest BCUT2D eigenvalue weighted by Crippen LogP contribution is -2.49. The van der Waals surface area contributed by atoms with Gasteiger partial charge in [-0.05, 0) is 31.4 Å². The molecule has 3 N–H and O–H groups in total. The van der Waals surface area contributed by atoms with E-state index in [1.807, 2.05) is 0 Å². The third kappa shape index (κ3) is 7.44. The first-order chi connectivity index (χ1) is 13.5. The van der Waals surface area contributed by atoms with Gasteiger partial charge in [-0.2, -0.15) is 8.78 Å². The lowest BCUT2D eigenvalue weighted by Gasteiger charge is -2.33. The average Bonchev–Trinajstić information content (AvgIpc) is 2.70. The second kappa shape index (κ2) is 12.6. The Bertz CT molecular complexity index is 664. The molecule has 0 saturated carbocycles. The number of carbonyl (C=O) groups is 2. The number of carbonyl (C=O) groups excluding carboxylic acids is 2. The highest BCUT2D eigenvalue weighted by atomic mass is 35.5. The van der Waals surface area contributed by atoms with Gasteiger partial charge in [-0.25, -0.2) is 0 Å². The zero-order valence-corrected chi connectivity index (χ0v) is 17.4. The highest BCUT2D eigenvalue weighted by molar-refractivity contribution is 5.97. The molecular formula is C20H30ClF2N3O3. The van der Waals surface area contributed by atoms with Crippen LogP contribution in [0.25, 0.3) is 0 Å². The summed E-state index contributed by atoms with van der Waals surface area (Å²) in [7, 11) is 0. The molecule has 2 unspecified atom stereocenters. The summed E-state index contributed by atoms with van der Waals surface area (Å²) >= 11 is 0. The van der Waals surface area contributed by atoms with Gasteiger partial charge in [0.25, 0.3) is 5.91 Å². The SMILES string of the molecule is CCCCC(CN)NC(=O)C1CCCN(C(=O)c2ccccc2OC(F)F)C1.Cl. The molecule has 2 atom stereocenters. The van der Waals surface area contributed by atoms with Gasteiger partial charge in [0.15, 0.2) is 0 Å². The van der Waals surface area contributed by atoms with Gasteiger partial charge in [-0.3, -0.25) is 9.59 Å². The van der Waals surface area contributed by atoms with E-state index in [4.69, 9.17) is 5.73 Å². The fraction of sp³-hybridized carbons (Fsp3) is 0.600. The molecule has 0 aliphatic carbocycles. The van der Waals surface area contributed by atoms with Gasteiger partial charge in [0, 0.05) is 25.7 Å². The number of alkyl halides is 2. The first-order valence-corrected chi connectivity index (χ1v) is 9.79. The number of hydrogen-bond donors (Lipinski definition) is 2. The van der Waals surface area contributed by atoms with Gasteiger partial charge in [0.05, 0.1) is 11.5 Å². The van der Waals surface area contributed by atoms with Gasteiger partial charge in [0.1, 0.15) is 5.75 Å². The molecule has 1 aliphatic rings. The van der Waals surface area contributed by atoms with E-state index in [1.54, 1.807) is 6.07 Å². The number of halogens is 3. The van der Waals surface area contributed by atoms with E-state index in [9.17, 15) is 18.4 Å². The molecule has 0 aromatic heterocycles. The number of nitrogens with one attached hydrogen (secondary N) is 1. The Kier molecular flexibility index (Phi) is 10.9. The maximum absolute atomic E-state index is 12.8. The van der Waals surface area contributed by atoms with Crippen LogP contribution in [0.1, 0.15) is 49.4 Å². The van der Waals surface area contributed by atoms with Crippen molar-refractivity contribution in [2.75, 3.05) is 19.6 Å². The molecule has 1 aliphatic heterocycles. The molecule has 164 valence electrons. The average molecular weight is 434 g/mol. The third-order valence-corrected chi connectivity index (χ3v) is 4.95. The molecule has 1 aromatic carbocycles. The topological polar surface area (TPSA) is 84.7 Å². The highest BCUT2D eigenvalue weighted by Crippen LogP contribution is 2.25. The molecule has 9 heteroatoms. The summed E-state index contributed by atoms with van der Waals surface area (Å²) in [6.07, 6.45) is 4.18. The van der Waals surface area contributed by atoms with Crippen molar-refractivity contribution in [2.45, 2.75) is 51.7 Å². The van der Waals surface area contributed by atoms with Crippen molar-refractivity contribution in [3.63, 3.8) is 0 Å². The Balaban J connectivity index is 0.00000420. The summed E-state index contributed by atoms with van der Waals surface area (Å²) in [5, 5.41) is 2.98. The fourth-order valence-electron chi connectivity index (χ4n) is 3.41. The summed E-state index contributed by atoms with van der Waals surface area (Å²) in [6, 6.07) is 5.86. The second-order valence-electron chi connectivity index (χ2n) is 7.05. The lowest BCUT2D eigenvalue weighted by molar-refractivity contribution is -0.127. The van der Waals surface area contributed by atoms with Crippen molar-refractivity contribution in [3.8, 4) is 5.75 Å². The van der Waals surface area contributed by atoms with E-state index < -0.39 is 12.5 Å². The number of amides is 2. The second-order valence-corrected chi connectivity index (χ2v) is 7.05. The van der Waals surface area contributed by atoms with Crippen LogP contribution in [0.3, 0.4) is 0 Å². The van der Waals surface area contributed by atoms with E-state index in [0.717, 1.165) is 19.3 Å². The minimum atomic E-state index is -3.01. The fourth-order valence-corrected chi connectivity index (χ4v) is 3.41. The predicted molar refractivity (Wildman–Crippen MR) is 109 cm³/mol. The Morgan fingerprint density at radius 3 is 2.72 bits per heavy atom. The maximum atomic E-state index is 12.8. The van der Waals surface area contributed by atoms with Gasteiger partial charge >= 0.3 is 6.61 Å². The summed E-state index contributed by atoms with van der Waals surface area (Å²) in [6.45, 7) is 0.167. The van der Waals surface area contributed by atoms with Crippen LogP contribution in [0, 0.1) is 5.92 Å². The number of likely N-dealkylation sites (tertiary alicyclic amines) is 1. The predicted octanol–water partition coefficient (Wildman–Crippen LogP) is 3.20. The molecule has 0 radical (unpaired) electrons. The summed E-state index contributed by atoms with van der Waals surface area (Å²) in [5.41, 5.74) is 5.82. The Morgan fingerprint density at radius 2 is 2.07 bits per heavy atom. The smallest absolute Gasteiger partial charge is 0.387 e. The Morgan fingerprint density at radius 1 is 1.34 bits per heavy atom. The van der Waals surface area contributed by atoms with Crippen molar-refractivity contribution in [1.82, 2.24) is 10.2 Å². The zero-order chi connectivity index (χ0) is 20.5. The van der Waals surface area contributed by atoms with Crippen LogP contribution in [0.4, 0.5) is 8.78 Å². The monoisotopic (exact) mass is 433 g/mol. The number of rotatable bonds is 9. The lowest BCUT2D eigenvalue weighted by atomic mass is 9.95. The molecule has 0 spiro atoms.